The molecule has 5 heteroatoms. The number of hydrogen-bond donors (Lipinski definition) is 2. The minimum atomic E-state index is -1.56. The molecule has 0 aliphatic heterocycles. The van der Waals surface area contributed by atoms with E-state index in [1.807, 2.05) is 6.07 Å². The highest BCUT2D eigenvalue weighted by molar-refractivity contribution is 6.36. The fraction of sp³-hybridized carbons (Fsp3) is 0.182. The van der Waals surface area contributed by atoms with Crippen LogP contribution in [-0.2, 0) is 7.05 Å². The molecule has 0 spiro atoms. The van der Waals surface area contributed by atoms with E-state index in [1.165, 1.54) is 0 Å². The summed E-state index contributed by atoms with van der Waals surface area (Å²) in [5, 5.41) is 28.1. The zero-order chi connectivity index (χ0) is 11.9. The molecule has 0 radical (unpaired) electrons. The Morgan fingerprint density at radius 1 is 1.44 bits per heavy atom. The fourth-order valence-electron chi connectivity index (χ4n) is 1.73. The van der Waals surface area contributed by atoms with Crippen molar-refractivity contribution in [3.8, 4) is 6.07 Å². The first-order chi connectivity index (χ1) is 7.56. The van der Waals surface area contributed by atoms with Crippen molar-refractivity contribution < 1.29 is 10.2 Å². The van der Waals surface area contributed by atoms with Crippen LogP contribution in [0.5, 0.6) is 0 Å². The second kappa shape index (κ2) is 3.80. The van der Waals surface area contributed by atoms with Crippen molar-refractivity contribution in [2.45, 2.75) is 6.29 Å². The van der Waals surface area contributed by atoms with E-state index in [0.29, 0.717) is 21.7 Å². The van der Waals surface area contributed by atoms with E-state index in [2.05, 4.69) is 0 Å². The number of aliphatic hydroxyl groups is 2. The number of aromatic nitrogens is 1. The van der Waals surface area contributed by atoms with Gasteiger partial charge in [-0.3, -0.25) is 0 Å². The van der Waals surface area contributed by atoms with Crippen LogP contribution in [0.15, 0.2) is 18.2 Å². The summed E-state index contributed by atoms with van der Waals surface area (Å²) in [4.78, 5) is 0. The number of nitrogens with zero attached hydrogens (tertiary/aromatic N) is 2. The van der Waals surface area contributed by atoms with Crippen LogP contribution in [0, 0.1) is 11.3 Å². The molecule has 0 amide bonds. The quantitative estimate of drug-likeness (QED) is 0.741. The Morgan fingerprint density at radius 2 is 2.12 bits per heavy atom. The molecule has 16 heavy (non-hydrogen) atoms. The van der Waals surface area contributed by atoms with Crippen molar-refractivity contribution >= 4 is 22.5 Å². The maximum Gasteiger partial charge on any atom is 0.194 e. The summed E-state index contributed by atoms with van der Waals surface area (Å²) in [6.45, 7) is 0. The lowest BCUT2D eigenvalue weighted by atomic mass is 10.1. The third kappa shape index (κ3) is 1.46. The van der Waals surface area contributed by atoms with E-state index in [0.717, 1.165) is 5.52 Å². The number of fused-ring (bicyclic) bond motifs is 1. The summed E-state index contributed by atoms with van der Waals surface area (Å²) in [5.74, 6) is 0. The number of aryl methyl sites for hydroxylation is 1. The van der Waals surface area contributed by atoms with E-state index in [-0.39, 0.29) is 0 Å². The third-order valence-corrected chi connectivity index (χ3v) is 2.99. The molecule has 1 heterocycles. The number of nitriles is 1. The minimum Gasteiger partial charge on any atom is -0.363 e. The van der Waals surface area contributed by atoms with Crippen LogP contribution in [0.3, 0.4) is 0 Å². The second-order valence-electron chi connectivity index (χ2n) is 3.47. The third-order valence-electron chi connectivity index (χ3n) is 2.58. The molecule has 4 nitrogen and oxygen atoms in total. The summed E-state index contributed by atoms with van der Waals surface area (Å²) in [6, 6.07) is 6.89. The molecular weight excluding hydrogens is 228 g/mol. The van der Waals surface area contributed by atoms with Gasteiger partial charge in [0.05, 0.1) is 16.3 Å². The molecule has 0 aliphatic rings. The topological polar surface area (TPSA) is 69.2 Å². The number of halogens is 1. The van der Waals surface area contributed by atoms with Crippen LogP contribution in [0.4, 0.5) is 0 Å². The van der Waals surface area contributed by atoms with Crippen LogP contribution in [0.2, 0.25) is 5.02 Å². The average molecular weight is 237 g/mol. The highest BCUT2D eigenvalue weighted by Crippen LogP contribution is 2.30. The van der Waals surface area contributed by atoms with Crippen molar-refractivity contribution in [3.05, 3.63) is 34.5 Å². The van der Waals surface area contributed by atoms with Crippen LogP contribution >= 0.6 is 11.6 Å². The predicted octanol–water partition coefficient (Wildman–Crippen LogP) is 1.69. The first kappa shape index (κ1) is 11.0. The summed E-state index contributed by atoms with van der Waals surface area (Å²) in [7, 11) is 1.71. The van der Waals surface area contributed by atoms with Gasteiger partial charge >= 0.3 is 0 Å². The number of benzene rings is 1. The van der Waals surface area contributed by atoms with Gasteiger partial charge in [-0.05, 0) is 18.2 Å². The van der Waals surface area contributed by atoms with Gasteiger partial charge < -0.3 is 14.8 Å². The smallest absolute Gasteiger partial charge is 0.194 e. The van der Waals surface area contributed by atoms with Crippen molar-refractivity contribution in [2.75, 3.05) is 0 Å². The van der Waals surface area contributed by atoms with Gasteiger partial charge in [0, 0.05) is 18.0 Å². The lowest BCUT2D eigenvalue weighted by molar-refractivity contribution is -0.0475. The van der Waals surface area contributed by atoms with Crippen LogP contribution in [0.25, 0.3) is 10.9 Å². The Hall–Kier alpha value is -1.54. The summed E-state index contributed by atoms with van der Waals surface area (Å²) in [5.41, 5.74) is 1.47. The first-order valence-corrected chi connectivity index (χ1v) is 4.98. The van der Waals surface area contributed by atoms with Crippen LogP contribution in [0.1, 0.15) is 17.5 Å². The lowest BCUT2D eigenvalue weighted by Gasteiger charge is -2.05. The molecule has 1 aromatic heterocycles. The molecular formula is C11H9ClN2O2. The number of rotatable bonds is 1. The molecule has 0 unspecified atom stereocenters. The van der Waals surface area contributed by atoms with Gasteiger partial charge in [0.1, 0.15) is 6.07 Å². The summed E-state index contributed by atoms with van der Waals surface area (Å²) in [6.07, 6.45) is -1.56. The largest absolute Gasteiger partial charge is 0.363 e. The van der Waals surface area contributed by atoms with E-state index >= 15 is 0 Å². The first-order valence-electron chi connectivity index (χ1n) is 4.60. The van der Waals surface area contributed by atoms with Gasteiger partial charge in [-0.25, -0.2) is 0 Å². The zero-order valence-electron chi connectivity index (χ0n) is 8.48. The van der Waals surface area contributed by atoms with Crippen molar-refractivity contribution in [1.82, 2.24) is 4.57 Å². The Kier molecular flexibility index (Phi) is 2.60. The number of aliphatic hydroxyl groups excluding tert-OH is 1. The normalized spacial score (nSPS) is 11.0. The Bertz CT molecular complexity index is 596. The van der Waals surface area contributed by atoms with Crippen LogP contribution in [-0.4, -0.2) is 14.8 Å². The predicted molar refractivity (Wildman–Crippen MR) is 59.8 cm³/mol. The fourth-order valence-corrected chi connectivity index (χ4v) is 1.99. The standard InChI is InChI=1S/C11H9ClN2O2/c1-14-8-3-2-6(5-13)10(12)7(8)4-9(14)11(15)16/h2-4,11,15-16H,1H3. The maximum absolute atomic E-state index is 9.15. The maximum atomic E-state index is 9.15. The van der Waals surface area contributed by atoms with E-state index in [9.17, 15) is 0 Å². The molecule has 0 saturated carbocycles. The molecule has 0 aliphatic carbocycles. The van der Waals surface area contributed by atoms with Gasteiger partial charge in [-0.1, -0.05) is 11.6 Å². The number of hydrogen-bond acceptors (Lipinski definition) is 3. The molecule has 82 valence electrons. The summed E-state index contributed by atoms with van der Waals surface area (Å²) < 4.78 is 1.63. The zero-order valence-corrected chi connectivity index (χ0v) is 9.23. The molecule has 0 fully saturated rings. The van der Waals surface area contributed by atoms with Crippen molar-refractivity contribution in [2.24, 2.45) is 7.05 Å². The van der Waals surface area contributed by atoms with Gasteiger partial charge in [0.2, 0.25) is 0 Å². The molecule has 1 aromatic carbocycles. The van der Waals surface area contributed by atoms with Crippen molar-refractivity contribution in [1.29, 1.82) is 5.26 Å². The van der Waals surface area contributed by atoms with Gasteiger partial charge in [0.25, 0.3) is 0 Å². The lowest BCUT2D eigenvalue weighted by Crippen LogP contribution is -2.02. The van der Waals surface area contributed by atoms with Gasteiger partial charge in [0.15, 0.2) is 6.29 Å². The van der Waals surface area contributed by atoms with Crippen LogP contribution < -0.4 is 0 Å². The highest BCUT2D eigenvalue weighted by Gasteiger charge is 2.14. The SMILES string of the molecule is Cn1c(C(O)O)cc2c(Cl)c(C#N)ccc21. The van der Waals surface area contributed by atoms with E-state index in [1.54, 1.807) is 29.8 Å². The van der Waals surface area contributed by atoms with Gasteiger partial charge in [-0.2, -0.15) is 5.26 Å². The average Bonchev–Trinajstić information content (AvgIpc) is 2.58. The van der Waals surface area contributed by atoms with Crippen molar-refractivity contribution in [3.63, 3.8) is 0 Å². The Morgan fingerprint density at radius 3 is 2.69 bits per heavy atom. The van der Waals surface area contributed by atoms with E-state index < -0.39 is 6.29 Å². The second-order valence-corrected chi connectivity index (χ2v) is 3.85. The molecule has 2 aromatic rings. The highest BCUT2D eigenvalue weighted by atomic mass is 35.5. The minimum absolute atomic E-state index is 0.336. The van der Waals surface area contributed by atoms with E-state index in [4.69, 9.17) is 27.1 Å². The molecule has 0 atom stereocenters. The monoisotopic (exact) mass is 236 g/mol. The Labute approximate surface area is 96.9 Å². The summed E-state index contributed by atoms with van der Waals surface area (Å²) >= 11 is 6.03. The molecule has 2 rings (SSSR count). The molecule has 0 bridgehead atoms. The molecule has 2 N–H and O–H groups in total. The van der Waals surface area contributed by atoms with Gasteiger partial charge in [-0.15, -0.1) is 0 Å². The molecule has 0 saturated heterocycles. The Balaban J connectivity index is 2.82.